The van der Waals surface area contributed by atoms with Gasteiger partial charge in [0.25, 0.3) is 10.0 Å². The first kappa shape index (κ1) is 21.5. The third-order valence-corrected chi connectivity index (χ3v) is 7.03. The lowest BCUT2D eigenvalue weighted by molar-refractivity contribution is -0.126. The van der Waals surface area contributed by atoms with E-state index in [1.54, 1.807) is 25.3 Å². The van der Waals surface area contributed by atoms with Crippen LogP contribution in [0.1, 0.15) is 20.3 Å². The van der Waals surface area contributed by atoms with Crippen LogP contribution in [0.15, 0.2) is 33.4 Å². The summed E-state index contributed by atoms with van der Waals surface area (Å²) in [6.45, 7) is 3.42. The summed E-state index contributed by atoms with van der Waals surface area (Å²) in [5, 5.41) is 24.3. The van der Waals surface area contributed by atoms with Crippen LogP contribution in [0.25, 0.3) is 0 Å². The SMILES string of the molecule is CC(C)C(NC(=O)C1=CC(NS(=O)(=O)c2cccs2)C(O)C(O)C1)C(N)=O. The zero-order valence-corrected chi connectivity index (χ0v) is 16.5. The maximum atomic E-state index is 12.5. The average Bonchev–Trinajstić information content (AvgIpc) is 3.11. The molecule has 6 N–H and O–H groups in total. The van der Waals surface area contributed by atoms with Crippen LogP contribution in [-0.4, -0.2) is 54.7 Å². The van der Waals surface area contributed by atoms with E-state index in [1.165, 1.54) is 12.1 Å². The number of nitrogens with two attached hydrogens (primary N) is 1. The van der Waals surface area contributed by atoms with E-state index in [0.717, 1.165) is 11.3 Å². The number of thiophene rings is 1. The van der Waals surface area contributed by atoms with Gasteiger partial charge in [-0.2, -0.15) is 0 Å². The van der Waals surface area contributed by atoms with E-state index in [0.29, 0.717) is 0 Å². The number of rotatable bonds is 7. The molecule has 4 atom stereocenters. The van der Waals surface area contributed by atoms with Gasteiger partial charge in [-0.15, -0.1) is 11.3 Å². The number of nitrogens with one attached hydrogen (secondary N) is 2. The van der Waals surface area contributed by atoms with Crippen LogP contribution in [0.5, 0.6) is 0 Å². The van der Waals surface area contributed by atoms with Gasteiger partial charge < -0.3 is 21.3 Å². The van der Waals surface area contributed by atoms with Crippen LogP contribution >= 0.6 is 11.3 Å². The zero-order valence-electron chi connectivity index (χ0n) is 14.8. The van der Waals surface area contributed by atoms with E-state index in [4.69, 9.17) is 5.73 Å². The van der Waals surface area contributed by atoms with E-state index in [9.17, 15) is 28.2 Å². The van der Waals surface area contributed by atoms with Crippen LogP contribution in [0.3, 0.4) is 0 Å². The normalized spacial score (nSPS) is 24.3. The van der Waals surface area contributed by atoms with Gasteiger partial charge in [-0.25, -0.2) is 13.1 Å². The lowest BCUT2D eigenvalue weighted by Gasteiger charge is -2.31. The monoisotopic (exact) mass is 417 g/mol. The van der Waals surface area contributed by atoms with E-state index in [-0.39, 0.29) is 22.1 Å². The molecular formula is C16H23N3O6S2. The van der Waals surface area contributed by atoms with Crippen LogP contribution < -0.4 is 15.8 Å². The van der Waals surface area contributed by atoms with Crippen molar-refractivity contribution in [2.24, 2.45) is 11.7 Å². The Labute approximate surface area is 161 Å². The lowest BCUT2D eigenvalue weighted by Crippen LogP contribution is -2.52. The highest BCUT2D eigenvalue weighted by atomic mass is 32.2. The van der Waals surface area contributed by atoms with E-state index >= 15 is 0 Å². The highest BCUT2D eigenvalue weighted by Gasteiger charge is 2.36. The van der Waals surface area contributed by atoms with Crippen molar-refractivity contribution in [3.63, 3.8) is 0 Å². The molecule has 0 saturated heterocycles. The van der Waals surface area contributed by atoms with Crippen molar-refractivity contribution in [1.82, 2.24) is 10.0 Å². The molecule has 0 bridgehead atoms. The van der Waals surface area contributed by atoms with Crippen molar-refractivity contribution in [1.29, 1.82) is 0 Å². The number of carbonyl (C=O) groups excluding carboxylic acids is 2. The Kier molecular flexibility index (Phi) is 6.76. The summed E-state index contributed by atoms with van der Waals surface area (Å²) in [6, 6.07) is 0.850. The Hall–Kier alpha value is -1.79. The number of aliphatic hydroxyl groups is 2. The Morgan fingerprint density at radius 2 is 2.00 bits per heavy atom. The molecule has 4 unspecified atom stereocenters. The first-order valence-electron chi connectivity index (χ1n) is 8.25. The van der Waals surface area contributed by atoms with Crippen molar-refractivity contribution in [2.75, 3.05) is 0 Å². The van der Waals surface area contributed by atoms with Crippen LogP contribution in [0.2, 0.25) is 0 Å². The first-order chi connectivity index (χ1) is 12.5. The molecule has 1 aliphatic rings. The van der Waals surface area contributed by atoms with Gasteiger partial charge in [0.2, 0.25) is 11.8 Å². The van der Waals surface area contributed by atoms with E-state index in [2.05, 4.69) is 10.0 Å². The molecule has 2 amide bonds. The van der Waals surface area contributed by atoms with Gasteiger partial charge in [0, 0.05) is 12.0 Å². The predicted molar refractivity (Wildman–Crippen MR) is 99.1 cm³/mol. The summed E-state index contributed by atoms with van der Waals surface area (Å²) in [4.78, 5) is 23.9. The second-order valence-electron chi connectivity index (χ2n) is 6.63. The highest BCUT2D eigenvalue weighted by Crippen LogP contribution is 2.23. The summed E-state index contributed by atoms with van der Waals surface area (Å²) in [6.07, 6.45) is -1.71. The van der Waals surface area contributed by atoms with Gasteiger partial charge in [-0.3, -0.25) is 9.59 Å². The standard InChI is InChI=1S/C16H23N3O6S2/c1-8(2)13(15(17)22)18-16(23)9-6-10(14(21)11(20)7-9)19-27(24,25)12-4-3-5-26-12/h3-6,8,10-11,13-14,19-21H,7H2,1-2H3,(H2,17,22)(H,18,23). The Morgan fingerprint density at radius 3 is 2.52 bits per heavy atom. The largest absolute Gasteiger partial charge is 0.390 e. The van der Waals surface area contributed by atoms with Gasteiger partial charge in [-0.05, 0) is 17.4 Å². The molecule has 150 valence electrons. The smallest absolute Gasteiger partial charge is 0.250 e. The summed E-state index contributed by atoms with van der Waals surface area (Å²) in [5.41, 5.74) is 5.33. The van der Waals surface area contributed by atoms with Crippen LogP contribution in [-0.2, 0) is 19.6 Å². The summed E-state index contributed by atoms with van der Waals surface area (Å²) in [5.74, 6) is -1.61. The fourth-order valence-corrected chi connectivity index (χ4v) is 4.90. The molecule has 1 aromatic heterocycles. The Bertz CT molecular complexity index is 819. The molecule has 0 fully saturated rings. The molecule has 1 aromatic rings. The second kappa shape index (κ2) is 8.48. The molecular weight excluding hydrogens is 394 g/mol. The maximum absolute atomic E-state index is 12.5. The minimum absolute atomic E-state index is 0.0442. The van der Waals surface area contributed by atoms with Crippen molar-refractivity contribution in [2.45, 2.75) is 48.8 Å². The zero-order chi connectivity index (χ0) is 20.4. The third kappa shape index (κ3) is 5.14. The summed E-state index contributed by atoms with van der Waals surface area (Å²) < 4.78 is 27.1. The van der Waals surface area contributed by atoms with E-state index < -0.39 is 46.1 Å². The minimum Gasteiger partial charge on any atom is -0.390 e. The van der Waals surface area contributed by atoms with Crippen LogP contribution in [0.4, 0.5) is 0 Å². The minimum atomic E-state index is -3.92. The number of hydrogen-bond donors (Lipinski definition) is 5. The average molecular weight is 418 g/mol. The molecule has 0 radical (unpaired) electrons. The maximum Gasteiger partial charge on any atom is 0.250 e. The highest BCUT2D eigenvalue weighted by molar-refractivity contribution is 7.91. The molecule has 1 aliphatic carbocycles. The topological polar surface area (TPSA) is 159 Å². The van der Waals surface area contributed by atoms with Gasteiger partial charge in [-0.1, -0.05) is 26.0 Å². The molecule has 9 nitrogen and oxygen atoms in total. The molecule has 0 spiro atoms. The van der Waals surface area contributed by atoms with Gasteiger partial charge in [0.15, 0.2) is 0 Å². The van der Waals surface area contributed by atoms with E-state index in [1.807, 2.05) is 0 Å². The number of primary amides is 1. The van der Waals surface area contributed by atoms with Gasteiger partial charge >= 0.3 is 0 Å². The van der Waals surface area contributed by atoms with Crippen molar-refractivity contribution in [3.8, 4) is 0 Å². The first-order valence-corrected chi connectivity index (χ1v) is 10.6. The fourth-order valence-electron chi connectivity index (χ4n) is 2.69. The number of amides is 2. The molecule has 0 aliphatic heterocycles. The molecule has 11 heteroatoms. The van der Waals surface area contributed by atoms with Crippen molar-refractivity contribution < 1.29 is 28.2 Å². The summed E-state index contributed by atoms with van der Waals surface area (Å²) >= 11 is 0.996. The van der Waals surface area contributed by atoms with Crippen molar-refractivity contribution >= 4 is 33.2 Å². The predicted octanol–water partition coefficient (Wildman–Crippen LogP) is -0.927. The molecule has 2 rings (SSSR count). The number of aliphatic hydroxyl groups excluding tert-OH is 2. The molecule has 1 heterocycles. The Morgan fingerprint density at radius 1 is 1.33 bits per heavy atom. The summed E-state index contributed by atoms with van der Waals surface area (Å²) in [7, 11) is -3.92. The van der Waals surface area contributed by atoms with Gasteiger partial charge in [0.05, 0.1) is 12.1 Å². The number of sulfonamides is 1. The lowest BCUT2D eigenvalue weighted by atomic mass is 9.90. The number of hydrogen-bond acceptors (Lipinski definition) is 7. The molecule has 27 heavy (non-hydrogen) atoms. The van der Waals surface area contributed by atoms with Gasteiger partial charge in [0.1, 0.15) is 16.4 Å². The van der Waals surface area contributed by atoms with Crippen LogP contribution in [0, 0.1) is 5.92 Å². The van der Waals surface area contributed by atoms with Crippen molar-refractivity contribution in [3.05, 3.63) is 29.2 Å². The third-order valence-electron chi connectivity index (χ3n) is 4.17. The quantitative estimate of drug-likeness (QED) is 0.386. The Balaban J connectivity index is 2.23. The number of carbonyl (C=O) groups is 2. The molecule has 0 saturated carbocycles. The fraction of sp³-hybridized carbons (Fsp3) is 0.500. The molecule has 0 aromatic carbocycles. The second-order valence-corrected chi connectivity index (χ2v) is 9.52.